The normalized spacial score (nSPS) is 12.3. The third kappa shape index (κ3) is 4.54. The van der Waals surface area contributed by atoms with Gasteiger partial charge in [0.2, 0.25) is 0 Å². The van der Waals surface area contributed by atoms with Gasteiger partial charge in [0.15, 0.2) is 5.78 Å². The zero-order chi connectivity index (χ0) is 20.3. The lowest BCUT2D eigenvalue weighted by Gasteiger charge is -2.16. The van der Waals surface area contributed by atoms with Crippen molar-refractivity contribution in [3.63, 3.8) is 0 Å². The van der Waals surface area contributed by atoms with E-state index in [1.165, 1.54) is 0 Å². The molecular weight excluding hydrogens is 580 g/mol. The topological polar surface area (TPSA) is 65.5 Å². The van der Waals surface area contributed by atoms with Gasteiger partial charge in [0.05, 0.1) is 12.7 Å². The molecule has 0 aliphatic carbocycles. The molecule has 0 aliphatic heterocycles. The summed E-state index contributed by atoms with van der Waals surface area (Å²) in [5.41, 5.74) is 7.76. The Labute approximate surface area is 192 Å². The maximum atomic E-state index is 13.5. The van der Waals surface area contributed by atoms with Crippen LogP contribution in [0.2, 0.25) is 0 Å². The number of furan rings is 1. The minimum absolute atomic E-state index is 0.00897. The third-order valence-electron chi connectivity index (χ3n) is 4.56. The molecule has 3 rings (SSSR count). The Morgan fingerprint density at radius 1 is 1.21 bits per heavy atom. The van der Waals surface area contributed by atoms with Crippen molar-refractivity contribution in [2.24, 2.45) is 5.73 Å². The van der Waals surface area contributed by atoms with Gasteiger partial charge in [0.25, 0.3) is 0 Å². The zero-order valence-corrected chi connectivity index (χ0v) is 20.2. The number of ether oxygens (including phenoxy) is 1. The van der Waals surface area contributed by atoms with Gasteiger partial charge in [-0.2, -0.15) is 0 Å². The molecule has 0 fully saturated rings. The molecule has 1 atom stereocenters. The number of para-hydroxylation sites is 1. The van der Waals surface area contributed by atoms with Crippen LogP contribution in [0.5, 0.6) is 5.75 Å². The highest BCUT2D eigenvalue weighted by Gasteiger charge is 2.23. The predicted molar refractivity (Wildman–Crippen MR) is 129 cm³/mol. The molecule has 0 saturated heterocycles. The van der Waals surface area contributed by atoms with Gasteiger partial charge in [0, 0.05) is 23.9 Å². The third-order valence-corrected chi connectivity index (χ3v) is 6.17. The van der Waals surface area contributed by atoms with Crippen molar-refractivity contribution in [2.45, 2.75) is 39.2 Å². The average molecular weight is 603 g/mol. The number of hydrogen-bond acceptors (Lipinski definition) is 4. The van der Waals surface area contributed by atoms with Gasteiger partial charge in [-0.15, -0.1) is 0 Å². The minimum atomic E-state index is -0.0814. The molecule has 3 aromatic rings. The van der Waals surface area contributed by atoms with E-state index in [9.17, 15) is 4.79 Å². The van der Waals surface area contributed by atoms with Gasteiger partial charge in [-0.05, 0) is 76.7 Å². The van der Waals surface area contributed by atoms with Crippen LogP contribution >= 0.6 is 45.2 Å². The summed E-state index contributed by atoms with van der Waals surface area (Å²) in [7, 11) is 0. The molecule has 1 unspecified atom stereocenters. The number of halogens is 2. The number of carbonyl (C=O) groups excluding carboxylic acids is 1. The SMILES string of the molecule is CCCCc1oc2ccccc2c1C(=O)c1cc(I)c(OC(C)CN)c(I)c1. The quantitative estimate of drug-likeness (QED) is 0.256. The molecule has 148 valence electrons. The molecule has 28 heavy (non-hydrogen) atoms. The van der Waals surface area contributed by atoms with E-state index in [2.05, 4.69) is 52.1 Å². The summed E-state index contributed by atoms with van der Waals surface area (Å²) in [5.74, 6) is 1.54. The molecule has 0 radical (unpaired) electrons. The number of nitrogens with two attached hydrogens (primary N) is 1. The van der Waals surface area contributed by atoms with Crippen LogP contribution in [0, 0.1) is 7.14 Å². The number of carbonyl (C=O) groups is 1. The number of rotatable bonds is 8. The summed E-state index contributed by atoms with van der Waals surface area (Å²) in [4.78, 5) is 13.5. The molecule has 1 heterocycles. The number of unbranched alkanes of at least 4 members (excludes halogenated alkanes) is 1. The molecule has 0 bridgehead atoms. The highest BCUT2D eigenvalue weighted by molar-refractivity contribution is 14.1. The van der Waals surface area contributed by atoms with E-state index in [1.807, 2.05) is 43.3 Å². The van der Waals surface area contributed by atoms with Crippen LogP contribution in [0.1, 0.15) is 48.4 Å². The maximum absolute atomic E-state index is 13.5. The van der Waals surface area contributed by atoms with Crippen LogP contribution in [0.3, 0.4) is 0 Å². The second-order valence-electron chi connectivity index (χ2n) is 6.76. The van der Waals surface area contributed by atoms with Crippen molar-refractivity contribution in [3.8, 4) is 5.75 Å². The first-order valence-corrected chi connectivity index (χ1v) is 11.5. The standard InChI is InChI=1S/C22H23I2NO3/c1-3-4-8-19-20(15-7-5-6-9-18(15)28-19)21(26)14-10-16(23)22(17(24)11-14)27-13(2)12-25/h5-7,9-11,13H,3-4,8,12,25H2,1-2H3. The molecule has 2 N–H and O–H groups in total. The molecule has 0 aliphatic rings. The van der Waals surface area contributed by atoms with Crippen LogP contribution in [-0.2, 0) is 6.42 Å². The summed E-state index contributed by atoms with van der Waals surface area (Å²) in [6.45, 7) is 4.51. The van der Waals surface area contributed by atoms with E-state index in [0.717, 1.165) is 48.9 Å². The van der Waals surface area contributed by atoms with Crippen molar-refractivity contribution < 1.29 is 13.9 Å². The number of aryl methyl sites for hydroxylation is 1. The van der Waals surface area contributed by atoms with E-state index >= 15 is 0 Å². The zero-order valence-electron chi connectivity index (χ0n) is 15.9. The second kappa shape index (κ2) is 9.58. The van der Waals surface area contributed by atoms with Crippen LogP contribution in [0.4, 0.5) is 0 Å². The first kappa shape index (κ1) is 21.6. The van der Waals surface area contributed by atoms with E-state index < -0.39 is 0 Å². The number of benzene rings is 2. The first-order chi connectivity index (χ1) is 13.5. The maximum Gasteiger partial charge on any atom is 0.197 e. The fraction of sp³-hybridized carbons (Fsp3) is 0.318. The van der Waals surface area contributed by atoms with Gasteiger partial charge in [-0.25, -0.2) is 0 Å². The molecule has 4 nitrogen and oxygen atoms in total. The number of fused-ring (bicyclic) bond motifs is 1. The van der Waals surface area contributed by atoms with Gasteiger partial charge >= 0.3 is 0 Å². The second-order valence-corrected chi connectivity index (χ2v) is 9.09. The van der Waals surface area contributed by atoms with Gasteiger partial charge in [-0.1, -0.05) is 31.5 Å². The molecule has 0 spiro atoms. The highest BCUT2D eigenvalue weighted by Crippen LogP contribution is 2.33. The summed E-state index contributed by atoms with van der Waals surface area (Å²) >= 11 is 4.43. The number of hydrogen-bond donors (Lipinski definition) is 1. The molecular formula is C22H23I2NO3. The Kier molecular flexibility index (Phi) is 7.38. The van der Waals surface area contributed by atoms with Crippen molar-refractivity contribution >= 4 is 61.9 Å². The monoisotopic (exact) mass is 603 g/mol. The van der Waals surface area contributed by atoms with E-state index in [4.69, 9.17) is 14.9 Å². The lowest BCUT2D eigenvalue weighted by Crippen LogP contribution is -2.23. The lowest BCUT2D eigenvalue weighted by molar-refractivity contribution is 0.103. The Hall–Kier alpha value is -1.13. The first-order valence-electron chi connectivity index (χ1n) is 9.37. The van der Waals surface area contributed by atoms with Gasteiger partial charge < -0.3 is 14.9 Å². The van der Waals surface area contributed by atoms with Crippen molar-refractivity contribution in [1.82, 2.24) is 0 Å². The van der Waals surface area contributed by atoms with Crippen molar-refractivity contribution in [2.75, 3.05) is 6.54 Å². The van der Waals surface area contributed by atoms with Gasteiger partial charge in [0.1, 0.15) is 23.2 Å². The van der Waals surface area contributed by atoms with E-state index in [-0.39, 0.29) is 11.9 Å². The Morgan fingerprint density at radius 2 is 1.89 bits per heavy atom. The molecule has 0 saturated carbocycles. The molecule has 2 aromatic carbocycles. The summed E-state index contributed by atoms with van der Waals surface area (Å²) in [5, 5.41) is 0.876. The summed E-state index contributed by atoms with van der Waals surface area (Å²) < 4.78 is 13.8. The molecule has 6 heteroatoms. The Bertz CT molecular complexity index is 974. The fourth-order valence-electron chi connectivity index (χ4n) is 3.06. The van der Waals surface area contributed by atoms with Crippen molar-refractivity contribution in [1.29, 1.82) is 0 Å². The fourth-order valence-corrected chi connectivity index (χ4v) is 5.08. The van der Waals surface area contributed by atoms with Crippen LogP contribution in [-0.4, -0.2) is 18.4 Å². The molecule has 1 aromatic heterocycles. The summed E-state index contributed by atoms with van der Waals surface area (Å²) in [6.07, 6.45) is 2.71. The van der Waals surface area contributed by atoms with E-state index in [0.29, 0.717) is 17.7 Å². The number of ketones is 1. The Morgan fingerprint density at radius 3 is 2.54 bits per heavy atom. The smallest absolute Gasteiger partial charge is 0.197 e. The highest BCUT2D eigenvalue weighted by atomic mass is 127. The van der Waals surface area contributed by atoms with Crippen LogP contribution in [0.15, 0.2) is 40.8 Å². The van der Waals surface area contributed by atoms with Gasteiger partial charge in [-0.3, -0.25) is 4.79 Å². The van der Waals surface area contributed by atoms with Crippen molar-refractivity contribution in [3.05, 3.63) is 60.4 Å². The van der Waals surface area contributed by atoms with Crippen LogP contribution in [0.25, 0.3) is 11.0 Å². The lowest BCUT2D eigenvalue weighted by atomic mass is 9.98. The predicted octanol–water partition coefficient (Wildman–Crippen LogP) is 5.94. The minimum Gasteiger partial charge on any atom is -0.487 e. The van der Waals surface area contributed by atoms with E-state index in [1.54, 1.807) is 0 Å². The summed E-state index contributed by atoms with van der Waals surface area (Å²) in [6, 6.07) is 11.5. The molecule has 0 amide bonds. The Balaban J connectivity index is 2.05. The van der Waals surface area contributed by atoms with Crippen LogP contribution < -0.4 is 10.5 Å². The average Bonchev–Trinajstić information content (AvgIpc) is 3.06. The largest absolute Gasteiger partial charge is 0.487 e.